The number of carbonyl (C=O) groups excluding carboxylic acids is 2. The number of aryl methyl sites for hydroxylation is 1. The third-order valence-electron chi connectivity index (χ3n) is 4.11. The Balaban J connectivity index is 1.50. The zero-order valence-electron chi connectivity index (χ0n) is 16.2. The first-order valence-corrected chi connectivity index (χ1v) is 9.03. The van der Waals surface area contributed by atoms with E-state index in [0.717, 1.165) is 5.56 Å². The van der Waals surface area contributed by atoms with Crippen LogP contribution in [0.1, 0.15) is 21.7 Å². The first-order chi connectivity index (χ1) is 14.0. The minimum atomic E-state index is -0.317. The Hall–Kier alpha value is -3.74. The number of ether oxygens (including phenoxy) is 2. The monoisotopic (exact) mass is 394 g/mol. The number of hydrogen-bond donors (Lipinski definition) is 2. The number of nitrogens with one attached hydrogen (secondary N) is 2. The summed E-state index contributed by atoms with van der Waals surface area (Å²) in [7, 11) is 1.55. The summed E-state index contributed by atoms with van der Waals surface area (Å²) in [5.74, 6) is 1.20. The van der Waals surface area contributed by atoms with Gasteiger partial charge in [-0.05, 0) is 61.0 Å². The molecular formula is C22H22N2O5. The van der Waals surface area contributed by atoms with Gasteiger partial charge >= 0.3 is 0 Å². The Morgan fingerprint density at radius 2 is 1.83 bits per heavy atom. The second-order valence-electron chi connectivity index (χ2n) is 6.33. The molecule has 0 bridgehead atoms. The topological polar surface area (TPSA) is 89.8 Å². The zero-order chi connectivity index (χ0) is 20.6. The summed E-state index contributed by atoms with van der Waals surface area (Å²) in [6.45, 7) is 2.09. The van der Waals surface area contributed by atoms with Crippen LogP contribution in [0.25, 0.3) is 0 Å². The van der Waals surface area contributed by atoms with Crippen molar-refractivity contribution in [3.8, 4) is 11.5 Å². The van der Waals surface area contributed by atoms with E-state index in [4.69, 9.17) is 13.9 Å². The number of anilines is 1. The van der Waals surface area contributed by atoms with E-state index in [0.29, 0.717) is 35.1 Å². The van der Waals surface area contributed by atoms with Crippen molar-refractivity contribution >= 4 is 17.5 Å². The Kier molecular flexibility index (Phi) is 6.52. The predicted molar refractivity (Wildman–Crippen MR) is 108 cm³/mol. The molecule has 0 aliphatic rings. The fraction of sp³-hybridized carbons (Fsp3) is 0.182. The lowest BCUT2D eigenvalue weighted by Crippen LogP contribution is -2.23. The highest BCUT2D eigenvalue weighted by Crippen LogP contribution is 2.27. The maximum atomic E-state index is 12.1. The van der Waals surface area contributed by atoms with E-state index < -0.39 is 0 Å². The lowest BCUT2D eigenvalue weighted by Gasteiger charge is -2.11. The minimum absolute atomic E-state index is 0.162. The van der Waals surface area contributed by atoms with Crippen LogP contribution in [0.5, 0.6) is 11.5 Å². The highest BCUT2D eigenvalue weighted by Gasteiger charge is 2.10. The molecule has 2 amide bonds. The van der Waals surface area contributed by atoms with E-state index in [-0.39, 0.29) is 18.4 Å². The van der Waals surface area contributed by atoms with Gasteiger partial charge in [0.05, 0.1) is 19.9 Å². The quantitative estimate of drug-likeness (QED) is 0.610. The van der Waals surface area contributed by atoms with E-state index in [1.54, 1.807) is 55.8 Å². The van der Waals surface area contributed by atoms with Gasteiger partial charge in [-0.25, -0.2) is 0 Å². The molecule has 0 aliphatic carbocycles. The number of hydrogen-bond acceptors (Lipinski definition) is 5. The molecule has 2 aromatic carbocycles. The number of methoxy groups -OCH3 is 1. The largest absolute Gasteiger partial charge is 0.493 e. The molecule has 7 nitrogen and oxygen atoms in total. The number of benzene rings is 2. The molecule has 1 aromatic heterocycles. The molecule has 0 saturated carbocycles. The molecule has 2 N–H and O–H groups in total. The van der Waals surface area contributed by atoms with Crippen LogP contribution in [-0.4, -0.2) is 25.5 Å². The molecule has 0 fully saturated rings. The number of carbonyl (C=O) groups is 2. The fourth-order valence-electron chi connectivity index (χ4n) is 2.62. The summed E-state index contributed by atoms with van der Waals surface area (Å²) in [4.78, 5) is 24.3. The van der Waals surface area contributed by atoms with Gasteiger partial charge < -0.3 is 24.5 Å². The van der Waals surface area contributed by atoms with Gasteiger partial charge in [-0.1, -0.05) is 6.07 Å². The van der Waals surface area contributed by atoms with Gasteiger partial charge in [0.25, 0.3) is 11.8 Å². The first-order valence-electron chi connectivity index (χ1n) is 9.03. The molecule has 0 atom stereocenters. The van der Waals surface area contributed by atoms with Gasteiger partial charge in [0.2, 0.25) is 0 Å². The van der Waals surface area contributed by atoms with Crippen molar-refractivity contribution in [2.75, 3.05) is 19.0 Å². The number of furan rings is 1. The van der Waals surface area contributed by atoms with Gasteiger partial charge in [-0.15, -0.1) is 0 Å². The van der Waals surface area contributed by atoms with Crippen LogP contribution in [0.2, 0.25) is 0 Å². The average Bonchev–Trinajstić information content (AvgIpc) is 3.25. The maximum Gasteiger partial charge on any atom is 0.262 e. The van der Waals surface area contributed by atoms with E-state index in [9.17, 15) is 9.59 Å². The number of rotatable bonds is 8. The van der Waals surface area contributed by atoms with Crippen molar-refractivity contribution < 1.29 is 23.5 Å². The standard InChI is InChI=1S/C22H22N2O5/c1-15-5-10-19(20(12-15)27-2)29-14-21(25)24-17-8-6-16(7-9-17)22(26)23-13-18-4-3-11-28-18/h3-12H,13-14H2,1-2H3,(H,23,26)(H,24,25). The minimum Gasteiger partial charge on any atom is -0.493 e. The van der Waals surface area contributed by atoms with Crippen LogP contribution < -0.4 is 20.1 Å². The molecule has 150 valence electrons. The molecular weight excluding hydrogens is 372 g/mol. The lowest BCUT2D eigenvalue weighted by atomic mass is 10.2. The van der Waals surface area contributed by atoms with E-state index in [1.165, 1.54) is 0 Å². The second kappa shape index (κ2) is 9.45. The van der Waals surface area contributed by atoms with Crippen molar-refractivity contribution in [2.45, 2.75) is 13.5 Å². The van der Waals surface area contributed by atoms with Crippen LogP contribution >= 0.6 is 0 Å². The summed E-state index contributed by atoms with van der Waals surface area (Å²) in [5.41, 5.74) is 2.08. The highest BCUT2D eigenvalue weighted by molar-refractivity contribution is 5.96. The molecule has 0 spiro atoms. The van der Waals surface area contributed by atoms with Gasteiger partial charge in [-0.3, -0.25) is 9.59 Å². The van der Waals surface area contributed by atoms with Crippen molar-refractivity contribution in [1.82, 2.24) is 5.32 Å². The van der Waals surface area contributed by atoms with Crippen LogP contribution in [0, 0.1) is 6.92 Å². The molecule has 0 saturated heterocycles. The third-order valence-corrected chi connectivity index (χ3v) is 4.11. The Labute approximate surface area is 168 Å². The predicted octanol–water partition coefficient (Wildman–Crippen LogP) is 3.54. The average molecular weight is 394 g/mol. The summed E-state index contributed by atoms with van der Waals surface area (Å²) >= 11 is 0. The normalized spacial score (nSPS) is 10.3. The Morgan fingerprint density at radius 3 is 2.52 bits per heavy atom. The van der Waals surface area contributed by atoms with Crippen LogP contribution in [0.3, 0.4) is 0 Å². The van der Waals surface area contributed by atoms with Crippen molar-refractivity contribution in [1.29, 1.82) is 0 Å². The third kappa shape index (κ3) is 5.62. The van der Waals surface area contributed by atoms with Crippen molar-refractivity contribution in [3.05, 3.63) is 77.7 Å². The SMILES string of the molecule is COc1cc(C)ccc1OCC(=O)Nc1ccc(C(=O)NCc2ccco2)cc1. The molecule has 1 heterocycles. The Bertz CT molecular complexity index is 965. The zero-order valence-corrected chi connectivity index (χ0v) is 16.2. The summed E-state index contributed by atoms with van der Waals surface area (Å²) in [6.07, 6.45) is 1.55. The molecule has 3 rings (SSSR count). The van der Waals surface area contributed by atoms with Crippen molar-refractivity contribution in [2.24, 2.45) is 0 Å². The molecule has 0 unspecified atom stereocenters. The van der Waals surface area contributed by atoms with Gasteiger partial charge in [0.1, 0.15) is 5.76 Å². The number of amides is 2. The second-order valence-corrected chi connectivity index (χ2v) is 6.33. The molecule has 29 heavy (non-hydrogen) atoms. The summed E-state index contributed by atoms with van der Waals surface area (Å²) in [5, 5.41) is 5.49. The van der Waals surface area contributed by atoms with Crippen molar-refractivity contribution in [3.63, 3.8) is 0 Å². The smallest absolute Gasteiger partial charge is 0.262 e. The first kappa shape index (κ1) is 20.0. The molecule has 3 aromatic rings. The van der Waals surface area contributed by atoms with E-state index in [2.05, 4.69) is 10.6 Å². The van der Waals surface area contributed by atoms with Gasteiger partial charge in [0.15, 0.2) is 18.1 Å². The van der Waals surface area contributed by atoms with Gasteiger partial charge in [0, 0.05) is 11.3 Å². The molecule has 7 heteroatoms. The molecule has 0 aliphatic heterocycles. The summed E-state index contributed by atoms with van der Waals surface area (Å²) < 4.78 is 16.0. The van der Waals surface area contributed by atoms with E-state index in [1.807, 2.05) is 19.1 Å². The molecule has 0 radical (unpaired) electrons. The maximum absolute atomic E-state index is 12.1. The van der Waals surface area contributed by atoms with Crippen LogP contribution in [-0.2, 0) is 11.3 Å². The van der Waals surface area contributed by atoms with Crippen LogP contribution in [0.4, 0.5) is 5.69 Å². The van der Waals surface area contributed by atoms with Crippen LogP contribution in [0.15, 0.2) is 65.3 Å². The summed E-state index contributed by atoms with van der Waals surface area (Å²) in [6, 6.07) is 15.6. The Morgan fingerprint density at radius 1 is 1.03 bits per heavy atom. The lowest BCUT2D eigenvalue weighted by molar-refractivity contribution is -0.118. The highest BCUT2D eigenvalue weighted by atomic mass is 16.5. The van der Waals surface area contributed by atoms with E-state index >= 15 is 0 Å². The van der Waals surface area contributed by atoms with Gasteiger partial charge in [-0.2, -0.15) is 0 Å². The fourth-order valence-corrected chi connectivity index (χ4v) is 2.62.